The van der Waals surface area contributed by atoms with Gasteiger partial charge in [-0.05, 0) is 17.5 Å². The van der Waals surface area contributed by atoms with Gasteiger partial charge in [0.2, 0.25) is 11.7 Å². The van der Waals surface area contributed by atoms with Gasteiger partial charge in [0.15, 0.2) is 0 Å². The largest absolute Gasteiger partial charge is 0.417 e. The van der Waals surface area contributed by atoms with Gasteiger partial charge < -0.3 is 9.09 Å². The van der Waals surface area contributed by atoms with E-state index in [1.54, 1.807) is 6.07 Å². The molecule has 22 heavy (non-hydrogen) atoms. The first-order chi connectivity index (χ1) is 10.4. The second-order valence-electron chi connectivity index (χ2n) is 4.41. The van der Waals surface area contributed by atoms with Crippen molar-refractivity contribution in [2.45, 2.75) is 12.7 Å². The van der Waals surface area contributed by atoms with Crippen molar-refractivity contribution in [1.29, 1.82) is 0 Å². The highest BCUT2D eigenvalue weighted by Crippen LogP contribution is 2.28. The minimum atomic E-state index is -4.52. The molecule has 0 spiro atoms. The molecule has 0 unspecified atom stereocenters. The van der Waals surface area contributed by atoms with Crippen LogP contribution >= 0.6 is 11.3 Å². The molecule has 0 aromatic carbocycles. The standard InChI is InChI=1S/C13H8F3N3O2S/c14-13(15,16)9-1-2-11(20)19(5-9)6-10-17-12(18-21-10)8-3-4-22-7-8/h1-5,7H,6H2. The molecule has 3 heterocycles. The zero-order chi connectivity index (χ0) is 15.7. The third-order valence-corrected chi connectivity index (χ3v) is 3.55. The van der Waals surface area contributed by atoms with Gasteiger partial charge in [-0.25, -0.2) is 0 Å². The molecule has 0 atom stereocenters. The Labute approximate surface area is 125 Å². The highest BCUT2D eigenvalue weighted by molar-refractivity contribution is 7.08. The molecule has 0 N–H and O–H groups in total. The van der Waals surface area contributed by atoms with Gasteiger partial charge in [-0.2, -0.15) is 29.5 Å². The molecule has 0 radical (unpaired) electrons. The average Bonchev–Trinajstić information content (AvgIpc) is 3.10. The maximum absolute atomic E-state index is 12.7. The van der Waals surface area contributed by atoms with Crippen LogP contribution < -0.4 is 5.56 Å². The van der Waals surface area contributed by atoms with Crippen LogP contribution in [0.5, 0.6) is 0 Å². The van der Waals surface area contributed by atoms with Crippen LogP contribution in [0.4, 0.5) is 13.2 Å². The molecule has 3 aromatic heterocycles. The molecule has 0 bridgehead atoms. The fourth-order valence-electron chi connectivity index (χ4n) is 1.80. The molecule has 0 aliphatic rings. The summed E-state index contributed by atoms with van der Waals surface area (Å²) in [6.45, 7) is -0.222. The molecule has 9 heteroatoms. The van der Waals surface area contributed by atoms with E-state index >= 15 is 0 Å². The lowest BCUT2D eigenvalue weighted by molar-refractivity contribution is -0.138. The van der Waals surface area contributed by atoms with Crippen molar-refractivity contribution in [3.05, 3.63) is 57.0 Å². The van der Waals surface area contributed by atoms with Crippen molar-refractivity contribution >= 4 is 11.3 Å². The van der Waals surface area contributed by atoms with Gasteiger partial charge in [-0.15, -0.1) is 0 Å². The summed E-state index contributed by atoms with van der Waals surface area (Å²) >= 11 is 1.45. The summed E-state index contributed by atoms with van der Waals surface area (Å²) in [5, 5.41) is 7.39. The van der Waals surface area contributed by atoms with Crippen molar-refractivity contribution in [1.82, 2.24) is 14.7 Å². The number of rotatable bonds is 3. The maximum atomic E-state index is 12.7. The third kappa shape index (κ3) is 2.93. The molecule has 0 saturated carbocycles. The summed E-state index contributed by atoms with van der Waals surface area (Å²) in [6.07, 6.45) is -3.79. The van der Waals surface area contributed by atoms with E-state index in [2.05, 4.69) is 10.1 Å². The van der Waals surface area contributed by atoms with Crippen LogP contribution in [0, 0.1) is 0 Å². The fourth-order valence-corrected chi connectivity index (χ4v) is 2.43. The molecule has 0 aliphatic heterocycles. The number of nitrogens with zero attached hydrogens (tertiary/aromatic N) is 3. The highest BCUT2D eigenvalue weighted by Gasteiger charge is 2.31. The lowest BCUT2D eigenvalue weighted by atomic mass is 10.3. The Morgan fingerprint density at radius 1 is 1.27 bits per heavy atom. The Hall–Kier alpha value is -2.42. The SMILES string of the molecule is O=c1ccc(C(F)(F)F)cn1Cc1nc(-c2ccsc2)no1. The predicted octanol–water partition coefficient (Wildman–Crippen LogP) is 3.03. The van der Waals surface area contributed by atoms with Crippen LogP contribution in [0.25, 0.3) is 11.4 Å². The number of hydrogen-bond donors (Lipinski definition) is 0. The smallest absolute Gasteiger partial charge is 0.337 e. The Morgan fingerprint density at radius 2 is 2.09 bits per heavy atom. The van der Waals surface area contributed by atoms with Crippen LogP contribution in [-0.2, 0) is 12.7 Å². The Kier molecular flexibility index (Phi) is 3.57. The fraction of sp³-hybridized carbons (Fsp3) is 0.154. The van der Waals surface area contributed by atoms with E-state index in [1.807, 2.05) is 10.8 Å². The molecule has 0 amide bonds. The van der Waals surface area contributed by atoms with Gasteiger partial charge >= 0.3 is 6.18 Å². The lowest BCUT2D eigenvalue weighted by Gasteiger charge is -2.08. The van der Waals surface area contributed by atoms with Crippen molar-refractivity contribution in [3.8, 4) is 11.4 Å². The van der Waals surface area contributed by atoms with Crippen LogP contribution in [-0.4, -0.2) is 14.7 Å². The first kappa shape index (κ1) is 14.5. The topological polar surface area (TPSA) is 60.9 Å². The molecule has 0 aliphatic carbocycles. The van der Waals surface area contributed by atoms with Gasteiger partial charge in [-0.1, -0.05) is 5.16 Å². The summed E-state index contributed by atoms with van der Waals surface area (Å²) in [4.78, 5) is 15.7. The van der Waals surface area contributed by atoms with Crippen molar-refractivity contribution in [3.63, 3.8) is 0 Å². The summed E-state index contributed by atoms with van der Waals surface area (Å²) in [5.74, 6) is 0.388. The van der Waals surface area contributed by atoms with E-state index in [-0.39, 0.29) is 12.4 Å². The molecular formula is C13H8F3N3O2S. The van der Waals surface area contributed by atoms with Crippen LogP contribution in [0.2, 0.25) is 0 Å². The summed E-state index contributed by atoms with van der Waals surface area (Å²) in [5.41, 5.74) is -0.746. The van der Waals surface area contributed by atoms with Crippen molar-refractivity contribution < 1.29 is 17.7 Å². The monoisotopic (exact) mass is 327 g/mol. The maximum Gasteiger partial charge on any atom is 0.417 e. The molecule has 5 nitrogen and oxygen atoms in total. The van der Waals surface area contributed by atoms with Gasteiger partial charge in [0.25, 0.3) is 5.56 Å². The second kappa shape index (κ2) is 5.41. The number of alkyl halides is 3. The third-order valence-electron chi connectivity index (χ3n) is 2.86. The van der Waals surface area contributed by atoms with E-state index in [0.717, 1.165) is 28.5 Å². The van der Waals surface area contributed by atoms with Crippen LogP contribution in [0.15, 0.2) is 44.5 Å². The van der Waals surface area contributed by atoms with E-state index < -0.39 is 17.3 Å². The molecule has 3 aromatic rings. The summed E-state index contributed by atoms with van der Waals surface area (Å²) in [7, 11) is 0. The Morgan fingerprint density at radius 3 is 2.77 bits per heavy atom. The zero-order valence-corrected chi connectivity index (χ0v) is 11.7. The Bertz CT molecular complexity index is 837. The number of hydrogen-bond acceptors (Lipinski definition) is 5. The quantitative estimate of drug-likeness (QED) is 0.742. The zero-order valence-electron chi connectivity index (χ0n) is 10.9. The normalized spacial score (nSPS) is 11.8. The minimum Gasteiger partial charge on any atom is -0.337 e. The predicted molar refractivity (Wildman–Crippen MR) is 72.4 cm³/mol. The highest BCUT2D eigenvalue weighted by atomic mass is 32.1. The van der Waals surface area contributed by atoms with Gasteiger partial charge in [0.1, 0.15) is 6.54 Å². The molecular weight excluding hydrogens is 319 g/mol. The van der Waals surface area contributed by atoms with Gasteiger partial charge in [-0.3, -0.25) is 4.79 Å². The first-order valence-corrected chi connectivity index (χ1v) is 7.00. The Balaban J connectivity index is 1.89. The summed E-state index contributed by atoms with van der Waals surface area (Å²) in [6, 6.07) is 3.39. The summed E-state index contributed by atoms with van der Waals surface area (Å²) < 4.78 is 43.8. The molecule has 0 fully saturated rings. The van der Waals surface area contributed by atoms with E-state index in [9.17, 15) is 18.0 Å². The first-order valence-electron chi connectivity index (χ1n) is 6.06. The lowest BCUT2D eigenvalue weighted by Crippen LogP contribution is -2.22. The molecule has 0 saturated heterocycles. The van der Waals surface area contributed by atoms with Crippen LogP contribution in [0.1, 0.15) is 11.5 Å². The van der Waals surface area contributed by atoms with Gasteiger partial charge in [0, 0.05) is 23.2 Å². The number of pyridine rings is 1. The van der Waals surface area contributed by atoms with Crippen molar-refractivity contribution in [2.24, 2.45) is 0 Å². The average molecular weight is 327 g/mol. The number of halogens is 3. The van der Waals surface area contributed by atoms with E-state index in [1.165, 1.54) is 11.3 Å². The molecule has 114 valence electrons. The minimum absolute atomic E-state index is 0.0580. The van der Waals surface area contributed by atoms with E-state index in [0.29, 0.717) is 5.82 Å². The van der Waals surface area contributed by atoms with Crippen LogP contribution in [0.3, 0.4) is 0 Å². The second-order valence-corrected chi connectivity index (χ2v) is 5.19. The van der Waals surface area contributed by atoms with Gasteiger partial charge in [0.05, 0.1) is 5.56 Å². The molecule has 3 rings (SSSR count). The van der Waals surface area contributed by atoms with E-state index in [4.69, 9.17) is 4.52 Å². The number of aromatic nitrogens is 3. The number of thiophene rings is 1. The van der Waals surface area contributed by atoms with Crippen molar-refractivity contribution in [2.75, 3.05) is 0 Å².